The van der Waals surface area contributed by atoms with Crippen molar-refractivity contribution in [2.45, 2.75) is 46.6 Å². The van der Waals surface area contributed by atoms with Crippen LogP contribution in [0.2, 0.25) is 5.15 Å². The molecule has 0 radical (unpaired) electrons. The average molecular weight is 286 g/mol. The molecule has 0 amide bonds. The number of aromatic nitrogens is 2. The van der Waals surface area contributed by atoms with E-state index < -0.39 is 0 Å². The zero-order valence-corrected chi connectivity index (χ0v) is 13.2. The number of rotatable bonds is 7. The van der Waals surface area contributed by atoms with Crippen LogP contribution in [-0.2, 0) is 4.74 Å². The summed E-state index contributed by atoms with van der Waals surface area (Å²) in [5.74, 6) is 1.53. The number of hydrogen-bond donors (Lipinski definition) is 1. The molecule has 0 aliphatic rings. The minimum atomic E-state index is 0.211. The summed E-state index contributed by atoms with van der Waals surface area (Å²) in [6.45, 7) is 11.9. The van der Waals surface area contributed by atoms with Crippen LogP contribution >= 0.6 is 11.6 Å². The third-order valence-corrected chi connectivity index (χ3v) is 3.34. The van der Waals surface area contributed by atoms with E-state index in [4.69, 9.17) is 16.3 Å². The third-order valence-electron chi connectivity index (χ3n) is 3.04. The van der Waals surface area contributed by atoms with Gasteiger partial charge in [0.05, 0.1) is 12.6 Å². The lowest BCUT2D eigenvalue weighted by Crippen LogP contribution is -2.32. The van der Waals surface area contributed by atoms with Crippen LogP contribution in [-0.4, -0.2) is 29.2 Å². The summed E-state index contributed by atoms with van der Waals surface area (Å²) in [7, 11) is 0. The molecule has 108 valence electrons. The first-order valence-corrected chi connectivity index (χ1v) is 7.19. The summed E-state index contributed by atoms with van der Waals surface area (Å²) in [4.78, 5) is 8.39. The van der Waals surface area contributed by atoms with E-state index in [1.54, 1.807) is 0 Å². The monoisotopic (exact) mass is 285 g/mol. The number of halogens is 1. The lowest BCUT2D eigenvalue weighted by atomic mass is 10.0. The Balaban J connectivity index is 2.92. The topological polar surface area (TPSA) is 47.0 Å². The molecule has 0 aromatic carbocycles. The van der Waals surface area contributed by atoms with Gasteiger partial charge in [0.15, 0.2) is 0 Å². The predicted octanol–water partition coefficient (Wildman–Crippen LogP) is 3.73. The van der Waals surface area contributed by atoms with E-state index in [9.17, 15) is 0 Å². The van der Waals surface area contributed by atoms with Crippen molar-refractivity contribution in [2.24, 2.45) is 5.92 Å². The molecule has 1 rings (SSSR count). The Bertz CT molecular complexity index is 396. The van der Waals surface area contributed by atoms with Crippen LogP contribution in [0, 0.1) is 5.92 Å². The minimum absolute atomic E-state index is 0.211. The number of nitrogens with one attached hydrogen (secondary N) is 1. The second-order valence-corrected chi connectivity index (χ2v) is 5.59. The molecule has 5 heteroatoms. The maximum absolute atomic E-state index is 6.17. The SMILES string of the molecule is CCOCC(Nc1ncnc(Cl)c1C(C)C)C(C)C. The molecule has 1 atom stereocenters. The zero-order chi connectivity index (χ0) is 14.4. The molecule has 19 heavy (non-hydrogen) atoms. The summed E-state index contributed by atoms with van der Waals surface area (Å²) in [6.07, 6.45) is 1.49. The average Bonchev–Trinajstić information content (AvgIpc) is 2.33. The van der Waals surface area contributed by atoms with Crippen LogP contribution in [0.4, 0.5) is 5.82 Å². The first kappa shape index (κ1) is 16.2. The molecule has 4 nitrogen and oxygen atoms in total. The van der Waals surface area contributed by atoms with Gasteiger partial charge in [0.1, 0.15) is 17.3 Å². The molecule has 0 bridgehead atoms. The smallest absolute Gasteiger partial charge is 0.138 e. The maximum Gasteiger partial charge on any atom is 0.138 e. The summed E-state index contributed by atoms with van der Waals surface area (Å²) in [5.41, 5.74) is 0.964. The van der Waals surface area contributed by atoms with E-state index in [0.717, 1.165) is 11.4 Å². The van der Waals surface area contributed by atoms with Crippen molar-refractivity contribution in [3.8, 4) is 0 Å². The number of ether oxygens (including phenoxy) is 1. The predicted molar refractivity (Wildman–Crippen MR) is 79.9 cm³/mol. The van der Waals surface area contributed by atoms with E-state index in [1.807, 2.05) is 6.92 Å². The lowest BCUT2D eigenvalue weighted by Gasteiger charge is -2.24. The van der Waals surface area contributed by atoms with Crippen molar-refractivity contribution in [1.82, 2.24) is 9.97 Å². The van der Waals surface area contributed by atoms with Crippen LogP contribution in [0.5, 0.6) is 0 Å². The third kappa shape index (κ3) is 4.62. The van der Waals surface area contributed by atoms with Gasteiger partial charge in [-0.2, -0.15) is 0 Å². The largest absolute Gasteiger partial charge is 0.380 e. The van der Waals surface area contributed by atoms with Gasteiger partial charge >= 0.3 is 0 Å². The highest BCUT2D eigenvalue weighted by atomic mass is 35.5. The molecule has 1 aromatic heterocycles. The first-order valence-electron chi connectivity index (χ1n) is 6.82. The molecule has 1 N–H and O–H groups in total. The maximum atomic E-state index is 6.17. The highest BCUT2D eigenvalue weighted by Gasteiger charge is 2.19. The highest BCUT2D eigenvalue weighted by molar-refractivity contribution is 6.30. The Kier molecular flexibility index (Phi) is 6.52. The van der Waals surface area contributed by atoms with Gasteiger partial charge in [0.25, 0.3) is 0 Å². The second kappa shape index (κ2) is 7.65. The molecule has 1 unspecified atom stereocenters. The molecule has 0 aliphatic carbocycles. The summed E-state index contributed by atoms with van der Waals surface area (Å²) in [5, 5.41) is 3.96. The van der Waals surface area contributed by atoms with Gasteiger partial charge in [-0.1, -0.05) is 39.3 Å². The molecule has 0 spiro atoms. The Hall–Kier alpha value is -0.870. The molecule has 1 aromatic rings. The summed E-state index contributed by atoms with van der Waals surface area (Å²) < 4.78 is 5.52. The van der Waals surface area contributed by atoms with Crippen LogP contribution in [0.3, 0.4) is 0 Å². The minimum Gasteiger partial charge on any atom is -0.380 e. The highest BCUT2D eigenvalue weighted by Crippen LogP contribution is 2.28. The Morgan fingerprint density at radius 2 is 1.95 bits per heavy atom. The number of hydrogen-bond acceptors (Lipinski definition) is 4. The van der Waals surface area contributed by atoms with E-state index in [1.165, 1.54) is 6.33 Å². The van der Waals surface area contributed by atoms with Crippen molar-refractivity contribution >= 4 is 17.4 Å². The van der Waals surface area contributed by atoms with E-state index >= 15 is 0 Å². The normalized spacial score (nSPS) is 13.1. The van der Waals surface area contributed by atoms with Crippen molar-refractivity contribution in [1.29, 1.82) is 0 Å². The van der Waals surface area contributed by atoms with Crippen molar-refractivity contribution in [2.75, 3.05) is 18.5 Å². The molecule has 0 fully saturated rings. The molecular formula is C14H24ClN3O. The standard InChI is InChI=1S/C14H24ClN3O/c1-6-19-7-11(9(2)3)18-14-12(10(4)5)13(15)16-8-17-14/h8-11H,6-7H2,1-5H3,(H,16,17,18). The van der Waals surface area contributed by atoms with Crippen LogP contribution < -0.4 is 5.32 Å². The Morgan fingerprint density at radius 1 is 1.26 bits per heavy atom. The fourth-order valence-corrected chi connectivity index (χ4v) is 2.17. The van der Waals surface area contributed by atoms with Gasteiger partial charge < -0.3 is 10.1 Å². The molecule has 0 saturated carbocycles. The van der Waals surface area contributed by atoms with Gasteiger partial charge in [0, 0.05) is 12.2 Å². The van der Waals surface area contributed by atoms with Gasteiger partial charge in [0.2, 0.25) is 0 Å². The van der Waals surface area contributed by atoms with Crippen molar-refractivity contribution in [3.05, 3.63) is 17.0 Å². The van der Waals surface area contributed by atoms with Crippen molar-refractivity contribution in [3.63, 3.8) is 0 Å². The first-order chi connectivity index (χ1) is 8.97. The van der Waals surface area contributed by atoms with E-state index in [-0.39, 0.29) is 12.0 Å². The van der Waals surface area contributed by atoms with Gasteiger partial charge in [-0.15, -0.1) is 0 Å². The van der Waals surface area contributed by atoms with Crippen LogP contribution in [0.25, 0.3) is 0 Å². The summed E-state index contributed by atoms with van der Waals surface area (Å²) >= 11 is 6.17. The molecular weight excluding hydrogens is 262 g/mol. The second-order valence-electron chi connectivity index (χ2n) is 5.24. The van der Waals surface area contributed by atoms with E-state index in [0.29, 0.717) is 24.3 Å². The van der Waals surface area contributed by atoms with E-state index in [2.05, 4.69) is 43.0 Å². The van der Waals surface area contributed by atoms with Gasteiger partial charge in [-0.3, -0.25) is 0 Å². The zero-order valence-electron chi connectivity index (χ0n) is 12.4. The van der Waals surface area contributed by atoms with Crippen LogP contribution in [0.15, 0.2) is 6.33 Å². The van der Waals surface area contributed by atoms with Gasteiger partial charge in [-0.05, 0) is 18.8 Å². The fourth-order valence-electron chi connectivity index (χ4n) is 1.82. The Morgan fingerprint density at radius 3 is 2.47 bits per heavy atom. The number of nitrogens with zero attached hydrogens (tertiary/aromatic N) is 2. The molecule has 0 saturated heterocycles. The van der Waals surface area contributed by atoms with Gasteiger partial charge in [-0.25, -0.2) is 9.97 Å². The molecule has 0 aliphatic heterocycles. The van der Waals surface area contributed by atoms with Crippen molar-refractivity contribution < 1.29 is 4.74 Å². The number of anilines is 1. The van der Waals surface area contributed by atoms with Crippen LogP contribution in [0.1, 0.15) is 46.1 Å². The quantitative estimate of drug-likeness (QED) is 0.776. The Labute approximate surface area is 120 Å². The lowest BCUT2D eigenvalue weighted by molar-refractivity contribution is 0.126. The fraction of sp³-hybridized carbons (Fsp3) is 0.714. The summed E-state index contributed by atoms with van der Waals surface area (Å²) in [6, 6.07) is 0.211. The molecule has 1 heterocycles.